The van der Waals surface area contributed by atoms with Gasteiger partial charge in [-0.1, -0.05) is 43.6 Å². The molecule has 0 heterocycles. The number of nitrogens with two attached hydrogens (primary N) is 1. The summed E-state index contributed by atoms with van der Waals surface area (Å²) in [7, 11) is 2.21. The third kappa shape index (κ3) is 3.28. The van der Waals surface area contributed by atoms with Crippen LogP contribution in [0.3, 0.4) is 0 Å². The number of hydrogen-bond acceptors (Lipinski definition) is 2. The van der Waals surface area contributed by atoms with Gasteiger partial charge >= 0.3 is 0 Å². The minimum Gasteiger partial charge on any atom is -0.329 e. The predicted octanol–water partition coefficient (Wildman–Crippen LogP) is 4.49. The van der Waals surface area contributed by atoms with Crippen LogP contribution in [0, 0.1) is 11.8 Å². The van der Waals surface area contributed by atoms with E-state index >= 15 is 0 Å². The molecule has 4 atom stereocenters. The van der Waals surface area contributed by atoms with Crippen molar-refractivity contribution < 1.29 is 0 Å². The number of halogens is 1. The number of nitrogens with zero attached hydrogens (tertiary/aromatic N) is 1. The average molecular weight is 309 g/mol. The fourth-order valence-electron chi connectivity index (χ4n) is 3.77. The summed E-state index contributed by atoms with van der Waals surface area (Å²) in [5.41, 5.74) is 7.52. The molecule has 1 aliphatic rings. The van der Waals surface area contributed by atoms with Crippen LogP contribution in [-0.4, -0.2) is 24.0 Å². The molecule has 1 fully saturated rings. The van der Waals surface area contributed by atoms with Crippen LogP contribution in [0.1, 0.15) is 51.6 Å². The van der Waals surface area contributed by atoms with E-state index in [1.807, 2.05) is 12.1 Å². The molecule has 1 aromatic rings. The lowest BCUT2D eigenvalue weighted by Crippen LogP contribution is -2.56. The molecule has 3 heteroatoms. The largest absolute Gasteiger partial charge is 0.329 e. The van der Waals surface area contributed by atoms with E-state index in [1.54, 1.807) is 0 Å². The molecule has 2 N–H and O–H groups in total. The van der Waals surface area contributed by atoms with Gasteiger partial charge in [-0.15, -0.1) is 0 Å². The van der Waals surface area contributed by atoms with E-state index in [4.69, 9.17) is 17.3 Å². The molecule has 2 nitrogen and oxygen atoms in total. The second-order valence-electron chi connectivity index (χ2n) is 6.93. The first kappa shape index (κ1) is 16.8. The smallest absolute Gasteiger partial charge is 0.0453 e. The molecule has 0 aliphatic heterocycles. The highest BCUT2D eigenvalue weighted by Gasteiger charge is 2.41. The van der Waals surface area contributed by atoms with Gasteiger partial charge in [0.1, 0.15) is 0 Å². The van der Waals surface area contributed by atoms with Crippen LogP contribution in [-0.2, 0) is 0 Å². The number of rotatable bonds is 4. The fourth-order valence-corrected chi connectivity index (χ4v) is 4.06. The van der Waals surface area contributed by atoms with Gasteiger partial charge < -0.3 is 5.73 Å². The summed E-state index contributed by atoms with van der Waals surface area (Å²) in [6, 6.07) is 8.43. The summed E-state index contributed by atoms with van der Waals surface area (Å²) >= 11 is 6.38. The molecule has 0 aromatic heterocycles. The van der Waals surface area contributed by atoms with Gasteiger partial charge in [-0.25, -0.2) is 0 Å². The maximum absolute atomic E-state index is 6.38. The van der Waals surface area contributed by atoms with Gasteiger partial charge in [0.05, 0.1) is 0 Å². The minimum absolute atomic E-state index is 0.102. The third-order valence-corrected chi connectivity index (χ3v) is 6.15. The van der Waals surface area contributed by atoms with Gasteiger partial charge in [-0.3, -0.25) is 4.90 Å². The number of likely N-dealkylation sites (N-methyl/N-ethyl adjacent to an activating group) is 1. The van der Waals surface area contributed by atoms with E-state index in [0.717, 1.165) is 23.4 Å². The van der Waals surface area contributed by atoms with Crippen molar-refractivity contribution >= 4 is 11.6 Å². The van der Waals surface area contributed by atoms with Crippen molar-refractivity contribution in [1.29, 1.82) is 0 Å². The van der Waals surface area contributed by atoms with Gasteiger partial charge in [0.25, 0.3) is 0 Å². The third-order valence-electron chi connectivity index (χ3n) is 5.80. The molecular formula is C18H29ClN2. The Labute approximate surface area is 134 Å². The van der Waals surface area contributed by atoms with E-state index in [-0.39, 0.29) is 11.6 Å². The zero-order valence-corrected chi connectivity index (χ0v) is 14.5. The van der Waals surface area contributed by atoms with Crippen LogP contribution in [0.2, 0.25) is 5.02 Å². The van der Waals surface area contributed by atoms with Gasteiger partial charge in [0, 0.05) is 23.1 Å². The molecule has 1 aromatic carbocycles. The topological polar surface area (TPSA) is 29.3 Å². The van der Waals surface area contributed by atoms with E-state index in [9.17, 15) is 0 Å². The molecule has 0 saturated heterocycles. The first-order valence-corrected chi connectivity index (χ1v) is 8.46. The van der Waals surface area contributed by atoms with Gasteiger partial charge in [0.15, 0.2) is 0 Å². The zero-order valence-electron chi connectivity index (χ0n) is 13.8. The molecule has 1 saturated carbocycles. The Morgan fingerprint density at radius 2 is 2.00 bits per heavy atom. The van der Waals surface area contributed by atoms with Crippen molar-refractivity contribution in [2.75, 3.05) is 13.6 Å². The Balaban J connectivity index is 2.24. The molecular weight excluding hydrogens is 280 g/mol. The fraction of sp³-hybridized carbons (Fsp3) is 0.667. The lowest BCUT2D eigenvalue weighted by Gasteiger charge is -2.50. The number of benzene rings is 1. The Bertz CT molecular complexity index is 476. The van der Waals surface area contributed by atoms with Crippen molar-refractivity contribution in [3.05, 3.63) is 34.9 Å². The molecule has 0 amide bonds. The Morgan fingerprint density at radius 1 is 1.33 bits per heavy atom. The van der Waals surface area contributed by atoms with Gasteiger partial charge in [-0.05, 0) is 56.7 Å². The first-order valence-electron chi connectivity index (χ1n) is 8.08. The van der Waals surface area contributed by atoms with Crippen LogP contribution in [0.15, 0.2) is 24.3 Å². The van der Waals surface area contributed by atoms with Crippen molar-refractivity contribution in [3.8, 4) is 0 Å². The molecule has 4 unspecified atom stereocenters. The Morgan fingerprint density at radius 3 is 2.57 bits per heavy atom. The zero-order chi connectivity index (χ0) is 15.6. The average Bonchev–Trinajstić information content (AvgIpc) is 2.49. The lowest BCUT2D eigenvalue weighted by molar-refractivity contribution is 0.0149. The highest BCUT2D eigenvalue weighted by atomic mass is 35.5. The van der Waals surface area contributed by atoms with E-state index < -0.39 is 0 Å². The van der Waals surface area contributed by atoms with Crippen molar-refractivity contribution in [3.63, 3.8) is 0 Å². The molecule has 21 heavy (non-hydrogen) atoms. The lowest BCUT2D eigenvalue weighted by atomic mass is 9.70. The summed E-state index contributed by atoms with van der Waals surface area (Å²) in [5.74, 6) is 1.52. The van der Waals surface area contributed by atoms with Gasteiger partial charge in [0.2, 0.25) is 0 Å². The van der Waals surface area contributed by atoms with E-state index in [0.29, 0.717) is 0 Å². The summed E-state index contributed by atoms with van der Waals surface area (Å²) < 4.78 is 0. The molecule has 0 spiro atoms. The molecule has 0 radical (unpaired) electrons. The van der Waals surface area contributed by atoms with Crippen molar-refractivity contribution in [1.82, 2.24) is 4.90 Å². The maximum atomic E-state index is 6.38. The van der Waals surface area contributed by atoms with Crippen LogP contribution < -0.4 is 5.73 Å². The van der Waals surface area contributed by atoms with Crippen LogP contribution >= 0.6 is 11.6 Å². The van der Waals surface area contributed by atoms with Gasteiger partial charge in [-0.2, -0.15) is 0 Å². The highest BCUT2D eigenvalue weighted by Crippen LogP contribution is 2.42. The van der Waals surface area contributed by atoms with Crippen LogP contribution in [0.25, 0.3) is 0 Å². The second kappa shape index (κ2) is 6.68. The Kier molecular flexibility index (Phi) is 5.34. The Hall–Kier alpha value is -0.570. The van der Waals surface area contributed by atoms with Crippen molar-refractivity contribution in [2.24, 2.45) is 17.6 Å². The predicted molar refractivity (Wildman–Crippen MR) is 91.6 cm³/mol. The van der Waals surface area contributed by atoms with Crippen LogP contribution in [0.5, 0.6) is 0 Å². The van der Waals surface area contributed by atoms with Crippen molar-refractivity contribution in [2.45, 2.75) is 51.6 Å². The molecule has 0 bridgehead atoms. The first-order chi connectivity index (χ1) is 9.91. The molecule has 118 valence electrons. The van der Waals surface area contributed by atoms with E-state index in [1.165, 1.54) is 24.8 Å². The SMILES string of the molecule is CC1CCC(CN)(N(C)C(C)c2ccccc2Cl)CC1C. The monoisotopic (exact) mass is 308 g/mol. The minimum atomic E-state index is 0.102. The number of hydrogen-bond donors (Lipinski definition) is 1. The van der Waals surface area contributed by atoms with Crippen LogP contribution in [0.4, 0.5) is 0 Å². The standard InChI is InChI=1S/C18H29ClN2/c1-13-9-10-18(12-20,11-14(13)2)21(4)15(3)16-7-5-6-8-17(16)19/h5-8,13-15H,9-12,20H2,1-4H3. The normalized spacial score (nSPS) is 31.4. The quantitative estimate of drug-likeness (QED) is 0.888. The highest BCUT2D eigenvalue weighted by molar-refractivity contribution is 6.31. The summed E-state index contributed by atoms with van der Waals surface area (Å²) in [6.45, 7) is 7.68. The van der Waals surface area contributed by atoms with E-state index in [2.05, 4.69) is 44.9 Å². The molecule has 1 aliphatic carbocycles. The summed E-state index contributed by atoms with van der Waals surface area (Å²) in [4.78, 5) is 2.47. The summed E-state index contributed by atoms with van der Waals surface area (Å²) in [6.07, 6.45) is 3.62. The summed E-state index contributed by atoms with van der Waals surface area (Å²) in [5, 5.41) is 0.848. The maximum Gasteiger partial charge on any atom is 0.0453 e. The second-order valence-corrected chi connectivity index (χ2v) is 7.34. The molecule has 2 rings (SSSR count).